The van der Waals surface area contributed by atoms with E-state index in [2.05, 4.69) is 10.5 Å². The standard InChI is InChI=1S/C8H8ClN3O2/c1-2-10-11-6-3-4-7(9)8(5-6)12(13)14/h2-5,11H,1H3/b10-2+. The number of halogens is 1. The molecule has 1 rings (SSSR count). The van der Waals surface area contributed by atoms with Crippen LogP contribution in [-0.2, 0) is 0 Å². The molecule has 0 aliphatic heterocycles. The molecule has 0 aliphatic carbocycles. The van der Waals surface area contributed by atoms with E-state index >= 15 is 0 Å². The summed E-state index contributed by atoms with van der Waals surface area (Å²) in [5.74, 6) is 0. The summed E-state index contributed by atoms with van der Waals surface area (Å²) < 4.78 is 0. The minimum Gasteiger partial charge on any atom is -0.279 e. The molecule has 5 nitrogen and oxygen atoms in total. The molecule has 0 amide bonds. The van der Waals surface area contributed by atoms with Gasteiger partial charge < -0.3 is 0 Å². The molecule has 0 saturated carbocycles. The molecule has 0 saturated heterocycles. The lowest BCUT2D eigenvalue weighted by molar-refractivity contribution is -0.384. The highest BCUT2D eigenvalue weighted by molar-refractivity contribution is 6.32. The molecule has 0 radical (unpaired) electrons. The fraction of sp³-hybridized carbons (Fsp3) is 0.125. The van der Waals surface area contributed by atoms with Crippen molar-refractivity contribution in [3.8, 4) is 0 Å². The van der Waals surface area contributed by atoms with E-state index in [0.29, 0.717) is 5.69 Å². The van der Waals surface area contributed by atoms with E-state index in [4.69, 9.17) is 11.6 Å². The normalized spacial score (nSPS) is 10.4. The summed E-state index contributed by atoms with van der Waals surface area (Å²) in [7, 11) is 0. The minimum absolute atomic E-state index is 0.112. The fourth-order valence-electron chi connectivity index (χ4n) is 0.861. The number of benzene rings is 1. The second-order valence-electron chi connectivity index (χ2n) is 2.42. The minimum atomic E-state index is -0.539. The van der Waals surface area contributed by atoms with E-state index in [1.54, 1.807) is 19.2 Å². The summed E-state index contributed by atoms with van der Waals surface area (Å²) >= 11 is 5.62. The topological polar surface area (TPSA) is 67.5 Å². The van der Waals surface area contributed by atoms with Crippen LogP contribution in [0.3, 0.4) is 0 Å². The van der Waals surface area contributed by atoms with Gasteiger partial charge in [-0.3, -0.25) is 15.5 Å². The fourth-order valence-corrected chi connectivity index (χ4v) is 1.05. The number of nitrogens with zero attached hydrogens (tertiary/aromatic N) is 2. The van der Waals surface area contributed by atoms with Crippen LogP contribution in [0.4, 0.5) is 11.4 Å². The zero-order valence-corrected chi connectivity index (χ0v) is 8.15. The van der Waals surface area contributed by atoms with Gasteiger partial charge in [-0.25, -0.2) is 0 Å². The van der Waals surface area contributed by atoms with Gasteiger partial charge in [0.2, 0.25) is 0 Å². The van der Waals surface area contributed by atoms with Crippen LogP contribution in [0.25, 0.3) is 0 Å². The average molecular weight is 214 g/mol. The van der Waals surface area contributed by atoms with E-state index in [1.807, 2.05) is 0 Å². The summed E-state index contributed by atoms with van der Waals surface area (Å²) in [5.41, 5.74) is 3.01. The molecule has 0 atom stereocenters. The first kappa shape index (κ1) is 10.5. The Morgan fingerprint density at radius 1 is 1.64 bits per heavy atom. The Balaban J connectivity index is 3.00. The molecule has 14 heavy (non-hydrogen) atoms. The van der Waals surface area contributed by atoms with Gasteiger partial charge in [0.05, 0.1) is 10.6 Å². The van der Waals surface area contributed by atoms with Gasteiger partial charge in [-0.05, 0) is 19.1 Å². The van der Waals surface area contributed by atoms with Crippen LogP contribution in [0.2, 0.25) is 5.02 Å². The maximum atomic E-state index is 10.5. The van der Waals surface area contributed by atoms with Crippen LogP contribution in [0, 0.1) is 10.1 Å². The number of nitro groups is 1. The molecular weight excluding hydrogens is 206 g/mol. The van der Waals surface area contributed by atoms with Crippen molar-refractivity contribution >= 4 is 29.2 Å². The molecule has 1 aromatic carbocycles. The highest BCUT2D eigenvalue weighted by atomic mass is 35.5. The molecule has 1 aromatic rings. The van der Waals surface area contributed by atoms with Crippen molar-refractivity contribution in [3.05, 3.63) is 33.3 Å². The van der Waals surface area contributed by atoms with E-state index in [0.717, 1.165) is 0 Å². The monoisotopic (exact) mass is 213 g/mol. The van der Waals surface area contributed by atoms with E-state index < -0.39 is 4.92 Å². The highest BCUT2D eigenvalue weighted by Gasteiger charge is 2.11. The van der Waals surface area contributed by atoms with Gasteiger partial charge in [-0.1, -0.05) is 11.6 Å². The number of rotatable bonds is 3. The number of hydrogen-bond acceptors (Lipinski definition) is 4. The number of hydrogen-bond donors (Lipinski definition) is 1. The summed E-state index contributed by atoms with van der Waals surface area (Å²) in [5, 5.41) is 14.3. The first-order chi connectivity index (χ1) is 6.65. The van der Waals surface area contributed by atoms with Gasteiger partial charge in [0, 0.05) is 12.3 Å². The van der Waals surface area contributed by atoms with Gasteiger partial charge >= 0.3 is 0 Å². The first-order valence-electron chi connectivity index (χ1n) is 3.82. The number of hydrazone groups is 1. The maximum Gasteiger partial charge on any atom is 0.290 e. The Morgan fingerprint density at radius 2 is 2.36 bits per heavy atom. The van der Waals surface area contributed by atoms with Crippen LogP contribution < -0.4 is 5.43 Å². The van der Waals surface area contributed by atoms with Crippen LogP contribution in [0.15, 0.2) is 23.3 Å². The van der Waals surface area contributed by atoms with Crippen molar-refractivity contribution in [2.75, 3.05) is 5.43 Å². The second-order valence-corrected chi connectivity index (χ2v) is 2.83. The van der Waals surface area contributed by atoms with Crippen molar-refractivity contribution in [2.45, 2.75) is 6.92 Å². The van der Waals surface area contributed by atoms with Gasteiger partial charge in [-0.2, -0.15) is 5.10 Å². The highest BCUT2D eigenvalue weighted by Crippen LogP contribution is 2.27. The third-order valence-electron chi connectivity index (χ3n) is 1.47. The predicted octanol–water partition coefficient (Wildman–Crippen LogP) is 2.67. The van der Waals surface area contributed by atoms with Crippen molar-refractivity contribution in [1.29, 1.82) is 0 Å². The molecular formula is C8H8ClN3O2. The van der Waals surface area contributed by atoms with Gasteiger partial charge in [0.25, 0.3) is 5.69 Å². The third-order valence-corrected chi connectivity index (χ3v) is 1.79. The SMILES string of the molecule is C/C=N/Nc1ccc(Cl)c([N+](=O)[O-])c1. The molecule has 0 heterocycles. The number of nitrogens with one attached hydrogen (secondary N) is 1. The Bertz CT molecular complexity index is 379. The molecule has 0 spiro atoms. The Hall–Kier alpha value is -1.62. The lowest BCUT2D eigenvalue weighted by atomic mass is 10.3. The van der Waals surface area contributed by atoms with Gasteiger partial charge in [0.15, 0.2) is 0 Å². The predicted molar refractivity (Wildman–Crippen MR) is 55.9 cm³/mol. The van der Waals surface area contributed by atoms with E-state index in [1.165, 1.54) is 12.1 Å². The smallest absolute Gasteiger partial charge is 0.279 e. The van der Waals surface area contributed by atoms with Gasteiger partial charge in [-0.15, -0.1) is 0 Å². The summed E-state index contributed by atoms with van der Waals surface area (Å²) in [6, 6.07) is 4.39. The quantitative estimate of drug-likeness (QED) is 0.477. The van der Waals surface area contributed by atoms with Crippen molar-refractivity contribution in [2.24, 2.45) is 5.10 Å². The number of nitro benzene ring substituents is 1. The molecule has 0 fully saturated rings. The van der Waals surface area contributed by atoms with Crippen molar-refractivity contribution < 1.29 is 4.92 Å². The van der Waals surface area contributed by atoms with Crippen LogP contribution in [0.1, 0.15) is 6.92 Å². The molecule has 0 aliphatic rings. The second kappa shape index (κ2) is 4.57. The summed E-state index contributed by atoms with van der Waals surface area (Å²) in [6.07, 6.45) is 1.54. The summed E-state index contributed by atoms with van der Waals surface area (Å²) in [6.45, 7) is 1.73. The van der Waals surface area contributed by atoms with Crippen LogP contribution in [-0.4, -0.2) is 11.1 Å². The zero-order valence-electron chi connectivity index (χ0n) is 7.40. The largest absolute Gasteiger partial charge is 0.290 e. The van der Waals surface area contributed by atoms with Crippen LogP contribution in [0.5, 0.6) is 0 Å². The number of anilines is 1. The van der Waals surface area contributed by atoms with Gasteiger partial charge in [0.1, 0.15) is 5.02 Å². The molecule has 0 bridgehead atoms. The molecule has 0 unspecified atom stereocenters. The lowest BCUT2D eigenvalue weighted by Gasteiger charge is -2.00. The maximum absolute atomic E-state index is 10.5. The first-order valence-corrected chi connectivity index (χ1v) is 4.20. The molecule has 6 heteroatoms. The van der Waals surface area contributed by atoms with Crippen LogP contribution >= 0.6 is 11.6 Å². The lowest BCUT2D eigenvalue weighted by Crippen LogP contribution is -1.92. The van der Waals surface area contributed by atoms with Crippen molar-refractivity contribution in [1.82, 2.24) is 0 Å². The van der Waals surface area contributed by atoms with E-state index in [-0.39, 0.29) is 10.7 Å². The Kier molecular flexibility index (Phi) is 3.41. The van der Waals surface area contributed by atoms with E-state index in [9.17, 15) is 10.1 Å². The molecule has 1 N–H and O–H groups in total. The third kappa shape index (κ3) is 2.43. The molecule has 74 valence electrons. The zero-order chi connectivity index (χ0) is 10.6. The Labute approximate surface area is 85.5 Å². The average Bonchev–Trinajstić information content (AvgIpc) is 2.16. The molecule has 0 aromatic heterocycles. The van der Waals surface area contributed by atoms with Crippen molar-refractivity contribution in [3.63, 3.8) is 0 Å². The summed E-state index contributed by atoms with van der Waals surface area (Å²) in [4.78, 5) is 9.96. The Morgan fingerprint density at radius 3 is 2.93 bits per heavy atom.